The maximum Gasteiger partial charge on any atom is 0.281 e. The van der Waals surface area contributed by atoms with Gasteiger partial charge in [-0.25, -0.2) is 4.98 Å². The molecule has 8 heteroatoms. The molecule has 0 atom stereocenters. The van der Waals surface area contributed by atoms with E-state index in [9.17, 15) is 9.59 Å². The SMILES string of the molecule is COCCNC(=O)CNc1cnc2sccn2c1=O. The number of hydrogen-bond acceptors (Lipinski definition) is 6. The van der Waals surface area contributed by atoms with E-state index in [1.54, 1.807) is 18.7 Å². The molecule has 0 unspecified atom stereocenters. The van der Waals surface area contributed by atoms with Crippen molar-refractivity contribution in [3.8, 4) is 0 Å². The number of carbonyl (C=O) groups is 1. The smallest absolute Gasteiger partial charge is 0.281 e. The summed E-state index contributed by atoms with van der Waals surface area (Å²) in [6.45, 7) is 0.922. The van der Waals surface area contributed by atoms with Crippen molar-refractivity contribution >= 4 is 27.9 Å². The Bertz CT molecular complexity index is 622. The van der Waals surface area contributed by atoms with Crippen LogP contribution in [0, 0.1) is 0 Å². The molecule has 2 heterocycles. The van der Waals surface area contributed by atoms with Crippen LogP contribution in [0.4, 0.5) is 5.69 Å². The highest BCUT2D eigenvalue weighted by atomic mass is 32.1. The van der Waals surface area contributed by atoms with E-state index < -0.39 is 0 Å². The van der Waals surface area contributed by atoms with Crippen molar-refractivity contribution in [2.75, 3.05) is 32.1 Å². The number of nitrogens with one attached hydrogen (secondary N) is 2. The molecular formula is C11H14N4O3S. The first-order chi connectivity index (χ1) is 9.22. The minimum Gasteiger partial charge on any atom is -0.383 e. The minimum absolute atomic E-state index is 0.0246. The third-order valence-corrected chi connectivity index (χ3v) is 3.18. The highest BCUT2D eigenvalue weighted by Gasteiger charge is 2.07. The zero-order chi connectivity index (χ0) is 13.7. The second-order valence-corrected chi connectivity index (χ2v) is 4.60. The van der Waals surface area contributed by atoms with Gasteiger partial charge in [-0.05, 0) is 0 Å². The number of ether oxygens (including phenoxy) is 1. The van der Waals surface area contributed by atoms with Crippen molar-refractivity contribution in [3.05, 3.63) is 28.1 Å². The number of anilines is 1. The third kappa shape index (κ3) is 3.30. The molecule has 7 nitrogen and oxygen atoms in total. The van der Waals surface area contributed by atoms with Gasteiger partial charge < -0.3 is 15.4 Å². The Labute approximate surface area is 113 Å². The van der Waals surface area contributed by atoms with Crippen molar-refractivity contribution in [3.63, 3.8) is 0 Å². The molecule has 0 saturated carbocycles. The Morgan fingerprint density at radius 1 is 1.58 bits per heavy atom. The Hall–Kier alpha value is -1.93. The molecule has 0 radical (unpaired) electrons. The fourth-order valence-electron chi connectivity index (χ4n) is 1.48. The largest absolute Gasteiger partial charge is 0.383 e. The van der Waals surface area contributed by atoms with Gasteiger partial charge in [0.25, 0.3) is 5.56 Å². The number of aromatic nitrogens is 2. The molecule has 102 valence electrons. The van der Waals surface area contributed by atoms with Crippen LogP contribution in [0.5, 0.6) is 0 Å². The molecule has 2 aromatic heterocycles. The summed E-state index contributed by atoms with van der Waals surface area (Å²) in [5.74, 6) is -0.202. The van der Waals surface area contributed by atoms with E-state index >= 15 is 0 Å². The maximum absolute atomic E-state index is 12.0. The molecule has 0 spiro atoms. The molecule has 0 bridgehead atoms. The van der Waals surface area contributed by atoms with Crippen LogP contribution >= 0.6 is 11.3 Å². The number of thiazole rings is 1. The van der Waals surface area contributed by atoms with Gasteiger partial charge in [0.2, 0.25) is 5.91 Å². The summed E-state index contributed by atoms with van der Waals surface area (Å²) < 4.78 is 6.26. The van der Waals surface area contributed by atoms with Crippen LogP contribution in [-0.2, 0) is 9.53 Å². The van der Waals surface area contributed by atoms with E-state index in [4.69, 9.17) is 4.74 Å². The zero-order valence-corrected chi connectivity index (χ0v) is 11.2. The monoisotopic (exact) mass is 282 g/mol. The number of amides is 1. The molecule has 1 amide bonds. The first-order valence-corrected chi connectivity index (χ1v) is 6.54. The highest BCUT2D eigenvalue weighted by molar-refractivity contribution is 7.15. The lowest BCUT2D eigenvalue weighted by molar-refractivity contribution is -0.119. The zero-order valence-electron chi connectivity index (χ0n) is 10.4. The van der Waals surface area contributed by atoms with Gasteiger partial charge in [-0.1, -0.05) is 0 Å². The molecule has 0 saturated heterocycles. The molecule has 0 aliphatic carbocycles. The van der Waals surface area contributed by atoms with Gasteiger partial charge in [0.05, 0.1) is 19.3 Å². The van der Waals surface area contributed by atoms with Crippen molar-refractivity contribution in [1.29, 1.82) is 0 Å². The van der Waals surface area contributed by atoms with E-state index in [2.05, 4.69) is 15.6 Å². The summed E-state index contributed by atoms with van der Waals surface area (Å²) in [4.78, 5) is 28.2. The molecule has 0 fully saturated rings. The summed E-state index contributed by atoms with van der Waals surface area (Å²) in [6, 6.07) is 0. The van der Waals surface area contributed by atoms with Gasteiger partial charge in [-0.15, -0.1) is 11.3 Å². The molecule has 0 aliphatic heterocycles. The summed E-state index contributed by atoms with van der Waals surface area (Å²) >= 11 is 1.38. The van der Waals surface area contributed by atoms with E-state index in [-0.39, 0.29) is 18.0 Å². The lowest BCUT2D eigenvalue weighted by atomic mass is 10.4. The van der Waals surface area contributed by atoms with Crippen LogP contribution in [0.25, 0.3) is 4.96 Å². The van der Waals surface area contributed by atoms with E-state index in [1.165, 1.54) is 21.9 Å². The fraction of sp³-hybridized carbons (Fsp3) is 0.364. The lowest BCUT2D eigenvalue weighted by Gasteiger charge is -2.06. The fourth-order valence-corrected chi connectivity index (χ4v) is 2.15. The first-order valence-electron chi connectivity index (χ1n) is 5.66. The predicted octanol–water partition coefficient (Wildman–Crippen LogP) is -0.0695. The Morgan fingerprint density at radius 2 is 2.42 bits per heavy atom. The molecular weight excluding hydrogens is 268 g/mol. The van der Waals surface area contributed by atoms with Crippen LogP contribution < -0.4 is 16.2 Å². The van der Waals surface area contributed by atoms with E-state index in [0.717, 1.165) is 0 Å². The van der Waals surface area contributed by atoms with Crippen LogP contribution in [0.3, 0.4) is 0 Å². The number of carbonyl (C=O) groups excluding carboxylic acids is 1. The van der Waals surface area contributed by atoms with Crippen molar-refractivity contribution in [1.82, 2.24) is 14.7 Å². The van der Waals surface area contributed by atoms with Gasteiger partial charge in [0, 0.05) is 25.2 Å². The summed E-state index contributed by atoms with van der Waals surface area (Å²) in [7, 11) is 1.56. The minimum atomic E-state index is -0.212. The molecule has 19 heavy (non-hydrogen) atoms. The maximum atomic E-state index is 12.0. The second kappa shape index (κ2) is 6.30. The van der Waals surface area contributed by atoms with Crippen molar-refractivity contribution in [2.45, 2.75) is 0 Å². The molecule has 2 aromatic rings. The molecule has 0 aliphatic rings. The van der Waals surface area contributed by atoms with Gasteiger partial charge in [-0.3, -0.25) is 14.0 Å². The third-order valence-electron chi connectivity index (χ3n) is 2.41. The molecule has 2 N–H and O–H groups in total. The number of hydrogen-bond donors (Lipinski definition) is 2. The van der Waals surface area contributed by atoms with Gasteiger partial charge in [0.1, 0.15) is 5.69 Å². The Kier molecular flexibility index (Phi) is 4.48. The second-order valence-electron chi connectivity index (χ2n) is 3.73. The van der Waals surface area contributed by atoms with Gasteiger partial charge in [0.15, 0.2) is 4.96 Å². The molecule has 0 aromatic carbocycles. The first kappa shape index (κ1) is 13.5. The average molecular weight is 282 g/mol. The number of nitrogens with zero attached hydrogens (tertiary/aromatic N) is 2. The normalized spacial score (nSPS) is 10.6. The van der Waals surface area contributed by atoms with Gasteiger partial charge >= 0.3 is 0 Å². The van der Waals surface area contributed by atoms with E-state index in [1.807, 2.05) is 0 Å². The Balaban J connectivity index is 1.96. The van der Waals surface area contributed by atoms with Crippen LogP contribution in [0.2, 0.25) is 0 Å². The lowest BCUT2D eigenvalue weighted by Crippen LogP contribution is -2.33. The number of methoxy groups -OCH3 is 1. The van der Waals surface area contributed by atoms with Gasteiger partial charge in [-0.2, -0.15) is 0 Å². The quantitative estimate of drug-likeness (QED) is 0.725. The summed E-state index contributed by atoms with van der Waals surface area (Å²) in [6.07, 6.45) is 3.09. The summed E-state index contributed by atoms with van der Waals surface area (Å²) in [5.41, 5.74) is 0.0914. The average Bonchev–Trinajstić information content (AvgIpc) is 2.87. The van der Waals surface area contributed by atoms with Crippen LogP contribution in [0.1, 0.15) is 0 Å². The topological polar surface area (TPSA) is 84.7 Å². The van der Waals surface area contributed by atoms with Crippen LogP contribution in [-0.4, -0.2) is 42.1 Å². The Morgan fingerprint density at radius 3 is 3.21 bits per heavy atom. The molecule has 2 rings (SSSR count). The number of rotatable bonds is 6. The standard InChI is InChI=1S/C11H14N4O3S/c1-18-4-2-12-9(16)7-13-8-6-14-11-15(10(8)17)3-5-19-11/h3,5-6,13H,2,4,7H2,1H3,(H,12,16). The van der Waals surface area contributed by atoms with Crippen LogP contribution in [0.15, 0.2) is 22.6 Å². The summed E-state index contributed by atoms with van der Waals surface area (Å²) in [5, 5.41) is 7.21. The highest BCUT2D eigenvalue weighted by Crippen LogP contribution is 2.07. The predicted molar refractivity (Wildman–Crippen MR) is 72.7 cm³/mol. The van der Waals surface area contributed by atoms with Crippen molar-refractivity contribution < 1.29 is 9.53 Å². The van der Waals surface area contributed by atoms with Crippen molar-refractivity contribution in [2.24, 2.45) is 0 Å². The number of fused-ring (bicyclic) bond motifs is 1. The van der Waals surface area contributed by atoms with E-state index in [0.29, 0.717) is 23.8 Å².